The summed E-state index contributed by atoms with van der Waals surface area (Å²) >= 11 is 1.54. The summed E-state index contributed by atoms with van der Waals surface area (Å²) in [7, 11) is 0. The van der Waals surface area contributed by atoms with Crippen LogP contribution in [-0.2, 0) is 4.79 Å². The lowest BCUT2D eigenvalue weighted by atomic mass is 10.0. The highest BCUT2D eigenvalue weighted by atomic mass is 32.2. The molecule has 0 bridgehead atoms. The number of hydrogen-bond acceptors (Lipinski definition) is 5. The van der Waals surface area contributed by atoms with Gasteiger partial charge < -0.3 is 4.74 Å². The zero-order chi connectivity index (χ0) is 25.1. The van der Waals surface area contributed by atoms with Gasteiger partial charge in [-0.2, -0.15) is 0 Å². The van der Waals surface area contributed by atoms with Gasteiger partial charge in [0, 0.05) is 23.3 Å². The first-order chi connectivity index (χ1) is 17.6. The molecule has 188 valence electrons. The van der Waals surface area contributed by atoms with Crippen molar-refractivity contribution in [1.82, 2.24) is 10.1 Å². The highest BCUT2D eigenvalue weighted by Gasteiger charge is 2.44. The van der Waals surface area contributed by atoms with Crippen molar-refractivity contribution in [2.75, 3.05) is 10.7 Å². The van der Waals surface area contributed by atoms with Crippen LogP contribution >= 0.6 is 11.8 Å². The molecule has 8 heteroatoms. The molecule has 0 unspecified atom stereocenters. The number of thioether (sulfide) groups is 1. The maximum Gasteiger partial charge on any atom is 0.325 e. The molecule has 36 heavy (non-hydrogen) atoms. The number of aromatic amines is 1. The Morgan fingerprint density at radius 2 is 1.89 bits per heavy atom. The number of unbranched alkanes of at least 4 members (excludes halogenated alkanes) is 2. The highest BCUT2D eigenvalue weighted by Crippen LogP contribution is 2.37. The number of ether oxygens (including phenoxy) is 1. The van der Waals surface area contributed by atoms with Gasteiger partial charge in [0.2, 0.25) is 11.1 Å². The molecule has 2 aromatic carbocycles. The molecule has 3 aromatic rings. The number of anilines is 1. The van der Waals surface area contributed by atoms with Crippen LogP contribution in [0.2, 0.25) is 0 Å². The Kier molecular flexibility index (Phi) is 7.41. The molecule has 1 aromatic heterocycles. The normalized spacial score (nSPS) is 17.1. The monoisotopic (exact) mass is 505 g/mol. The zero-order valence-corrected chi connectivity index (χ0v) is 21.7. The number of aromatic nitrogens is 3. The number of fused-ring (bicyclic) bond motifs is 3. The minimum Gasteiger partial charge on any atom is -0.490 e. The Morgan fingerprint density at radius 1 is 1.14 bits per heavy atom. The van der Waals surface area contributed by atoms with Gasteiger partial charge >= 0.3 is 11.3 Å². The smallest absolute Gasteiger partial charge is 0.325 e. The van der Waals surface area contributed by atoms with Crippen molar-refractivity contribution in [3.8, 4) is 17.0 Å². The number of para-hydroxylation sites is 1. The van der Waals surface area contributed by atoms with E-state index in [1.165, 1.54) is 12.8 Å². The largest absolute Gasteiger partial charge is 0.490 e. The quantitative estimate of drug-likeness (QED) is 0.257. The van der Waals surface area contributed by atoms with E-state index in [0.717, 1.165) is 49.2 Å². The van der Waals surface area contributed by atoms with Crippen molar-refractivity contribution in [2.45, 2.75) is 76.2 Å². The summed E-state index contributed by atoms with van der Waals surface area (Å²) in [5.74, 6) is 1.59. The van der Waals surface area contributed by atoms with Gasteiger partial charge in [-0.25, -0.2) is 4.90 Å². The molecule has 2 heterocycles. The van der Waals surface area contributed by atoms with E-state index in [-0.39, 0.29) is 17.6 Å². The summed E-state index contributed by atoms with van der Waals surface area (Å²) in [6.07, 6.45) is 7.63. The van der Waals surface area contributed by atoms with Gasteiger partial charge in [-0.3, -0.25) is 14.6 Å². The Labute approximate surface area is 215 Å². The molecular formula is C28H33N4O3S+. The Morgan fingerprint density at radius 3 is 2.61 bits per heavy atom. The molecule has 1 aliphatic heterocycles. The molecule has 2 aliphatic rings. The van der Waals surface area contributed by atoms with Crippen molar-refractivity contribution >= 4 is 23.4 Å². The first-order valence-electron chi connectivity index (χ1n) is 12.9. The van der Waals surface area contributed by atoms with Gasteiger partial charge in [-0.05, 0) is 73.2 Å². The van der Waals surface area contributed by atoms with Crippen molar-refractivity contribution < 1.29 is 14.2 Å². The first kappa shape index (κ1) is 24.6. The van der Waals surface area contributed by atoms with Crippen LogP contribution in [0.1, 0.15) is 70.5 Å². The molecule has 1 amide bonds. The van der Waals surface area contributed by atoms with Gasteiger partial charge in [0.25, 0.3) is 6.17 Å². The van der Waals surface area contributed by atoms with Gasteiger partial charge in [-0.15, -0.1) is 0 Å². The Hall–Kier alpha value is -3.13. The Bertz CT molecular complexity index is 1280. The third kappa shape index (κ3) is 4.91. The molecule has 1 saturated carbocycles. The summed E-state index contributed by atoms with van der Waals surface area (Å²) in [5.41, 5.74) is 2.52. The topological polar surface area (TPSA) is 79.2 Å². The van der Waals surface area contributed by atoms with E-state index >= 15 is 0 Å². The summed E-state index contributed by atoms with van der Waals surface area (Å²) in [5, 5.41) is 5.43. The second-order valence-electron chi connectivity index (χ2n) is 9.48. The molecule has 1 atom stereocenters. The second kappa shape index (κ2) is 10.9. The number of rotatable bonds is 8. The number of nitrogens with zero attached hydrogens (tertiary/aromatic N) is 3. The van der Waals surface area contributed by atoms with E-state index in [0.29, 0.717) is 22.1 Å². The van der Waals surface area contributed by atoms with E-state index in [4.69, 9.17) is 9.84 Å². The third-order valence-corrected chi connectivity index (χ3v) is 7.82. The van der Waals surface area contributed by atoms with Crippen LogP contribution in [0.25, 0.3) is 11.3 Å². The zero-order valence-electron chi connectivity index (χ0n) is 20.9. The molecule has 0 saturated heterocycles. The highest BCUT2D eigenvalue weighted by molar-refractivity contribution is 7.99. The number of hydrogen-bond donors (Lipinski definition) is 1. The molecule has 7 nitrogen and oxygen atoms in total. The third-order valence-electron chi connectivity index (χ3n) is 6.87. The summed E-state index contributed by atoms with van der Waals surface area (Å²) < 4.78 is 7.88. The minimum atomic E-state index is -0.578. The fourth-order valence-electron chi connectivity index (χ4n) is 5.12. The van der Waals surface area contributed by atoms with Crippen LogP contribution in [-0.4, -0.2) is 27.8 Å². The summed E-state index contributed by atoms with van der Waals surface area (Å²) in [6.45, 7) is 3.72. The van der Waals surface area contributed by atoms with Crippen LogP contribution in [0.3, 0.4) is 0 Å². The van der Waals surface area contributed by atoms with Crippen LogP contribution < -0.4 is 19.9 Å². The van der Waals surface area contributed by atoms with E-state index in [9.17, 15) is 9.59 Å². The van der Waals surface area contributed by atoms with Gasteiger partial charge in [-0.1, -0.05) is 43.7 Å². The number of nitrogens with one attached hydrogen (secondary N) is 1. The van der Waals surface area contributed by atoms with Crippen molar-refractivity contribution in [3.63, 3.8) is 0 Å². The van der Waals surface area contributed by atoms with Crippen LogP contribution in [0.5, 0.6) is 5.75 Å². The van der Waals surface area contributed by atoms with E-state index in [2.05, 4.69) is 11.9 Å². The standard InChI is InChI=1S/C28H32N4O3S/c1-3-4-9-18-36-28-29-26(34)25-23-12-7-8-13-24(23)31(19(2)33)27(32(25)30-28)20-14-16-22(17-15-20)35-21-10-5-6-11-21/h7-8,12-17,21,27H,3-6,9-11,18H2,1-2H3/p+1/t27-/m0/s1. The predicted octanol–water partition coefficient (Wildman–Crippen LogP) is 5.24. The van der Waals surface area contributed by atoms with Crippen molar-refractivity contribution in [2.24, 2.45) is 0 Å². The van der Waals surface area contributed by atoms with Crippen LogP contribution in [0, 0.1) is 0 Å². The molecule has 5 rings (SSSR count). The van der Waals surface area contributed by atoms with E-state index in [1.54, 1.807) is 28.3 Å². The average Bonchev–Trinajstić information content (AvgIpc) is 3.39. The number of H-pyrrole nitrogens is 1. The van der Waals surface area contributed by atoms with Crippen molar-refractivity contribution in [3.05, 3.63) is 64.4 Å². The number of carbonyl (C=O) groups is 1. The maximum atomic E-state index is 13.4. The Balaban J connectivity index is 1.57. The summed E-state index contributed by atoms with van der Waals surface area (Å²) in [6, 6.07) is 15.4. The SMILES string of the molecule is CCCCCSc1n[n+]2c(c(=O)[nH]1)-c1ccccc1N(C(C)=O)[C@@H]2c1ccc(OC2CCCC2)cc1. The molecular weight excluding hydrogens is 472 g/mol. The van der Waals surface area contributed by atoms with Crippen LogP contribution in [0.4, 0.5) is 5.69 Å². The molecule has 1 N–H and O–H groups in total. The lowest BCUT2D eigenvalue weighted by molar-refractivity contribution is -0.763. The number of carbonyl (C=O) groups excluding carboxylic acids is 1. The lowest BCUT2D eigenvalue weighted by Crippen LogP contribution is -2.60. The lowest BCUT2D eigenvalue weighted by Gasteiger charge is -2.31. The van der Waals surface area contributed by atoms with Crippen LogP contribution in [0.15, 0.2) is 58.5 Å². The number of benzene rings is 2. The molecule has 0 radical (unpaired) electrons. The van der Waals surface area contributed by atoms with Gasteiger partial charge in [0.05, 0.1) is 17.4 Å². The fraction of sp³-hybridized carbons (Fsp3) is 0.429. The average molecular weight is 506 g/mol. The predicted molar refractivity (Wildman–Crippen MR) is 141 cm³/mol. The fourth-order valence-corrected chi connectivity index (χ4v) is 5.97. The maximum absolute atomic E-state index is 13.4. The summed E-state index contributed by atoms with van der Waals surface area (Å²) in [4.78, 5) is 31.1. The minimum absolute atomic E-state index is 0.115. The van der Waals surface area contributed by atoms with E-state index in [1.807, 2.05) is 48.5 Å². The van der Waals surface area contributed by atoms with E-state index < -0.39 is 6.17 Å². The van der Waals surface area contributed by atoms with Gasteiger partial charge in [0.1, 0.15) is 5.75 Å². The first-order valence-corrected chi connectivity index (χ1v) is 13.9. The van der Waals surface area contributed by atoms with Crippen molar-refractivity contribution in [1.29, 1.82) is 0 Å². The molecule has 1 aliphatic carbocycles. The molecule has 0 spiro atoms. The second-order valence-corrected chi connectivity index (χ2v) is 10.6. The number of amides is 1. The van der Waals surface area contributed by atoms with Gasteiger partial charge in [0.15, 0.2) is 0 Å². The molecule has 1 fully saturated rings.